The molecule has 0 unspecified atom stereocenters. The van der Waals surface area contributed by atoms with Crippen molar-refractivity contribution in [2.45, 2.75) is 71.2 Å². The normalized spacial score (nSPS) is 19.4. The third-order valence-corrected chi connectivity index (χ3v) is 6.53. The van der Waals surface area contributed by atoms with Crippen molar-refractivity contribution in [1.82, 2.24) is 10.2 Å². The summed E-state index contributed by atoms with van der Waals surface area (Å²) in [6.07, 6.45) is 0.803. The summed E-state index contributed by atoms with van der Waals surface area (Å²) in [4.78, 5) is 40.5. The molecule has 37 heavy (non-hydrogen) atoms. The summed E-state index contributed by atoms with van der Waals surface area (Å²) in [5, 5.41) is 9.28. The van der Waals surface area contributed by atoms with E-state index in [9.17, 15) is 14.4 Å². The summed E-state index contributed by atoms with van der Waals surface area (Å²) in [5.41, 5.74) is 3.14. The van der Waals surface area contributed by atoms with E-state index in [2.05, 4.69) is 28.9 Å². The van der Waals surface area contributed by atoms with Crippen LogP contribution in [-0.2, 0) is 9.53 Å². The van der Waals surface area contributed by atoms with Gasteiger partial charge in [-0.2, -0.15) is 0 Å². The molecule has 0 aromatic heterocycles. The minimum atomic E-state index is -0.557. The van der Waals surface area contributed by atoms with E-state index in [1.54, 1.807) is 4.90 Å². The van der Waals surface area contributed by atoms with E-state index >= 15 is 0 Å². The Morgan fingerprint density at radius 3 is 2.30 bits per heavy atom. The molecule has 2 aliphatic heterocycles. The van der Waals surface area contributed by atoms with E-state index < -0.39 is 11.7 Å². The third kappa shape index (κ3) is 6.34. The Bertz CT molecular complexity index is 1140. The maximum Gasteiger partial charge on any atom is 0.407 e. The number of likely N-dealkylation sites (tertiary alicyclic amines) is 1. The fraction of sp³-hybridized carbons (Fsp3) is 0.464. The van der Waals surface area contributed by atoms with Gasteiger partial charge in [0, 0.05) is 42.6 Å². The lowest BCUT2D eigenvalue weighted by Crippen LogP contribution is -2.62. The van der Waals surface area contributed by atoms with Gasteiger partial charge in [-0.1, -0.05) is 25.1 Å². The number of urea groups is 1. The predicted octanol–water partition coefficient (Wildman–Crippen LogP) is 5.12. The van der Waals surface area contributed by atoms with Crippen LogP contribution >= 0.6 is 0 Å². The van der Waals surface area contributed by atoms with Gasteiger partial charge in [-0.05, 0) is 70.0 Å². The summed E-state index contributed by atoms with van der Waals surface area (Å²) in [6.45, 7) is 10.3. The number of hydrogen-bond donors (Lipinski definition) is 3. The first kappa shape index (κ1) is 26.3. The van der Waals surface area contributed by atoms with Crippen LogP contribution in [0.5, 0.6) is 0 Å². The third-order valence-electron chi connectivity index (χ3n) is 6.53. The zero-order valence-corrected chi connectivity index (χ0v) is 22.2. The van der Waals surface area contributed by atoms with E-state index in [0.29, 0.717) is 25.2 Å². The van der Waals surface area contributed by atoms with Crippen molar-refractivity contribution >= 4 is 35.1 Å². The lowest BCUT2D eigenvalue weighted by molar-refractivity contribution is -0.118. The highest BCUT2D eigenvalue weighted by atomic mass is 16.6. The van der Waals surface area contributed by atoms with Crippen molar-refractivity contribution in [3.05, 3.63) is 54.1 Å². The molecule has 2 aromatic carbocycles. The average molecular weight is 508 g/mol. The molecule has 2 aromatic rings. The maximum absolute atomic E-state index is 12.6. The molecule has 0 radical (unpaired) electrons. The minimum Gasteiger partial charge on any atom is -0.444 e. The number of carbonyl (C=O) groups excluding carboxylic acids is 3. The van der Waals surface area contributed by atoms with Crippen LogP contribution < -0.4 is 20.9 Å². The number of amides is 4. The number of fused-ring (bicyclic) bond motifs is 1. The Kier molecular flexibility index (Phi) is 7.61. The summed E-state index contributed by atoms with van der Waals surface area (Å²) >= 11 is 0. The Labute approximate surface area is 218 Å². The number of para-hydroxylation sites is 1. The van der Waals surface area contributed by atoms with Gasteiger partial charge in [0.15, 0.2) is 0 Å². The Balaban J connectivity index is 1.31. The summed E-state index contributed by atoms with van der Waals surface area (Å²) in [5.74, 6) is 0.132. The fourth-order valence-corrected chi connectivity index (χ4v) is 4.76. The van der Waals surface area contributed by atoms with Crippen LogP contribution in [0.25, 0.3) is 0 Å². The molecule has 9 nitrogen and oxygen atoms in total. The van der Waals surface area contributed by atoms with E-state index in [0.717, 1.165) is 23.4 Å². The zero-order valence-electron chi connectivity index (χ0n) is 22.2. The summed E-state index contributed by atoms with van der Waals surface area (Å²) < 4.78 is 5.25. The molecule has 0 spiro atoms. The first-order valence-corrected chi connectivity index (χ1v) is 12.9. The van der Waals surface area contributed by atoms with Crippen LogP contribution in [0, 0.1) is 0 Å². The standard InChI is InChI=1S/C28H37N5O4/c1-6-25(34)33-18(2)15-23(22-9-7-8-10-24(22)33)29-19-11-13-20(14-12-19)30-26(35)32-16-21(17-32)31-27(36)37-28(3,4)5/h7-14,18,21,23,29H,6,15-17H2,1-5H3,(H,30,35)(H,31,36)/t18-,23+/m0/s1. The number of alkyl carbamates (subject to hydrolysis) is 1. The van der Waals surface area contributed by atoms with Crippen molar-refractivity contribution in [2.75, 3.05) is 28.6 Å². The van der Waals surface area contributed by atoms with Gasteiger partial charge in [-0.25, -0.2) is 9.59 Å². The van der Waals surface area contributed by atoms with Gasteiger partial charge in [-0.15, -0.1) is 0 Å². The van der Waals surface area contributed by atoms with Gasteiger partial charge in [-0.3, -0.25) is 4.79 Å². The van der Waals surface area contributed by atoms with E-state index in [4.69, 9.17) is 4.74 Å². The molecule has 0 bridgehead atoms. The minimum absolute atomic E-state index is 0.0723. The van der Waals surface area contributed by atoms with Crippen molar-refractivity contribution < 1.29 is 19.1 Å². The lowest BCUT2D eigenvalue weighted by atomic mass is 9.91. The molecule has 9 heteroatoms. The van der Waals surface area contributed by atoms with Crippen LogP contribution in [0.15, 0.2) is 48.5 Å². The Morgan fingerprint density at radius 1 is 1.00 bits per heavy atom. The van der Waals surface area contributed by atoms with E-state index in [-0.39, 0.29) is 30.1 Å². The molecule has 2 aliphatic rings. The van der Waals surface area contributed by atoms with Gasteiger partial charge >= 0.3 is 12.1 Å². The van der Waals surface area contributed by atoms with E-state index in [1.165, 1.54) is 0 Å². The molecular formula is C28H37N5O4. The van der Waals surface area contributed by atoms with Crippen LogP contribution in [0.2, 0.25) is 0 Å². The second kappa shape index (κ2) is 10.7. The van der Waals surface area contributed by atoms with Gasteiger partial charge < -0.3 is 30.5 Å². The monoisotopic (exact) mass is 507 g/mol. The molecule has 1 saturated heterocycles. The fourth-order valence-electron chi connectivity index (χ4n) is 4.76. The number of benzene rings is 2. The molecule has 4 rings (SSSR count). The number of nitrogens with zero attached hydrogens (tertiary/aromatic N) is 2. The van der Waals surface area contributed by atoms with Gasteiger partial charge in [0.25, 0.3) is 0 Å². The highest BCUT2D eigenvalue weighted by molar-refractivity contribution is 5.95. The van der Waals surface area contributed by atoms with Crippen LogP contribution in [0.3, 0.4) is 0 Å². The maximum atomic E-state index is 12.6. The highest BCUT2D eigenvalue weighted by Gasteiger charge is 2.34. The van der Waals surface area contributed by atoms with Gasteiger partial charge in [0.1, 0.15) is 5.60 Å². The number of carbonyl (C=O) groups is 3. The number of rotatable bonds is 5. The number of hydrogen-bond acceptors (Lipinski definition) is 5. The SMILES string of the molecule is CCC(=O)N1c2ccccc2[C@H](Nc2ccc(NC(=O)N3CC(NC(=O)OC(C)(C)C)C3)cc2)C[C@@H]1C. The quantitative estimate of drug-likeness (QED) is 0.522. The van der Waals surface area contributed by atoms with Crippen molar-refractivity contribution in [3.8, 4) is 0 Å². The molecule has 198 valence electrons. The molecule has 0 saturated carbocycles. The summed E-state index contributed by atoms with van der Waals surface area (Å²) in [6, 6.07) is 15.5. The Morgan fingerprint density at radius 2 is 1.65 bits per heavy atom. The molecule has 3 N–H and O–H groups in total. The molecule has 0 aliphatic carbocycles. The largest absolute Gasteiger partial charge is 0.444 e. The number of anilines is 3. The van der Waals surface area contributed by atoms with Crippen molar-refractivity contribution in [3.63, 3.8) is 0 Å². The summed E-state index contributed by atoms with van der Waals surface area (Å²) in [7, 11) is 0. The first-order chi connectivity index (χ1) is 17.5. The van der Waals surface area contributed by atoms with Crippen LogP contribution in [0.1, 0.15) is 59.1 Å². The predicted molar refractivity (Wildman–Crippen MR) is 145 cm³/mol. The van der Waals surface area contributed by atoms with Crippen molar-refractivity contribution in [2.24, 2.45) is 0 Å². The van der Waals surface area contributed by atoms with E-state index in [1.807, 2.05) is 75.1 Å². The number of nitrogens with one attached hydrogen (secondary N) is 3. The Hall–Kier alpha value is -3.75. The number of ether oxygens (including phenoxy) is 1. The molecular weight excluding hydrogens is 470 g/mol. The second-order valence-corrected chi connectivity index (χ2v) is 10.7. The highest BCUT2D eigenvalue weighted by Crippen LogP contribution is 2.39. The van der Waals surface area contributed by atoms with Crippen molar-refractivity contribution in [1.29, 1.82) is 0 Å². The molecule has 2 atom stereocenters. The van der Waals surface area contributed by atoms with Crippen LogP contribution in [0.4, 0.5) is 26.7 Å². The van der Waals surface area contributed by atoms with Crippen LogP contribution in [-0.4, -0.2) is 53.7 Å². The molecule has 1 fully saturated rings. The van der Waals surface area contributed by atoms with Gasteiger partial charge in [0.05, 0.1) is 12.1 Å². The lowest BCUT2D eigenvalue weighted by Gasteiger charge is -2.40. The topological polar surface area (TPSA) is 103 Å². The first-order valence-electron chi connectivity index (χ1n) is 12.9. The average Bonchev–Trinajstić information content (AvgIpc) is 2.81. The zero-order chi connectivity index (χ0) is 26.7. The smallest absolute Gasteiger partial charge is 0.407 e. The second-order valence-electron chi connectivity index (χ2n) is 10.7. The van der Waals surface area contributed by atoms with Gasteiger partial charge in [0.2, 0.25) is 5.91 Å². The molecule has 2 heterocycles. The molecule has 4 amide bonds.